The number of rotatable bonds is 1. The molecule has 3 nitrogen and oxygen atoms in total. The third kappa shape index (κ3) is 1.16. The van der Waals surface area contributed by atoms with E-state index in [9.17, 15) is 4.79 Å². The van der Waals surface area contributed by atoms with Gasteiger partial charge in [-0.2, -0.15) is 0 Å². The first-order valence-corrected chi connectivity index (χ1v) is 5.32. The van der Waals surface area contributed by atoms with Crippen LogP contribution in [0, 0.1) is 5.92 Å². The molecule has 0 bridgehead atoms. The molecule has 0 aromatic heterocycles. The van der Waals surface area contributed by atoms with Crippen LogP contribution in [0.5, 0.6) is 0 Å². The van der Waals surface area contributed by atoms with E-state index in [0.29, 0.717) is 5.92 Å². The van der Waals surface area contributed by atoms with Gasteiger partial charge in [0.15, 0.2) is 0 Å². The second kappa shape index (κ2) is 2.75. The lowest BCUT2D eigenvalue weighted by Crippen LogP contribution is -2.36. The Morgan fingerprint density at radius 3 is 2.73 bits per heavy atom. The number of amides is 2. The van der Waals surface area contributed by atoms with Crippen molar-refractivity contribution in [3.05, 3.63) is 35.9 Å². The summed E-state index contributed by atoms with van der Waals surface area (Å²) in [5.74, 6) is 0.632. The number of piperidine rings is 1. The summed E-state index contributed by atoms with van der Waals surface area (Å²) in [6.07, 6.45) is 1.21. The Hall–Kier alpha value is -1.51. The van der Waals surface area contributed by atoms with Crippen LogP contribution >= 0.6 is 0 Å². The number of fused-ring (bicyclic) bond motifs is 1. The van der Waals surface area contributed by atoms with Gasteiger partial charge in [-0.15, -0.1) is 0 Å². The number of benzene rings is 1. The number of urea groups is 1. The maximum Gasteiger partial charge on any atom is 0.314 e. The lowest BCUT2D eigenvalue weighted by atomic mass is 9.95. The lowest BCUT2D eigenvalue weighted by Gasteiger charge is -2.18. The molecule has 2 N–H and O–H groups in total. The van der Waals surface area contributed by atoms with Gasteiger partial charge in [0.25, 0.3) is 0 Å². The first kappa shape index (κ1) is 8.77. The fourth-order valence-electron chi connectivity index (χ4n) is 2.87. The summed E-state index contributed by atoms with van der Waals surface area (Å²) in [6.45, 7) is 1.64. The second-order valence-electron chi connectivity index (χ2n) is 4.64. The van der Waals surface area contributed by atoms with Gasteiger partial charge in [-0.1, -0.05) is 30.3 Å². The number of primary amides is 1. The van der Waals surface area contributed by atoms with Crippen LogP contribution in [-0.2, 0) is 5.41 Å². The molecule has 3 heteroatoms. The average molecular weight is 202 g/mol. The van der Waals surface area contributed by atoms with Crippen LogP contribution in [0.4, 0.5) is 4.79 Å². The average Bonchev–Trinajstić information content (AvgIpc) is 2.83. The van der Waals surface area contributed by atoms with Gasteiger partial charge >= 0.3 is 6.03 Å². The zero-order valence-electron chi connectivity index (χ0n) is 8.52. The van der Waals surface area contributed by atoms with Gasteiger partial charge in [0, 0.05) is 18.5 Å². The summed E-state index contributed by atoms with van der Waals surface area (Å²) in [6, 6.07) is 10.2. The minimum Gasteiger partial charge on any atom is -0.351 e. The molecule has 2 fully saturated rings. The molecule has 1 heterocycles. The highest BCUT2D eigenvalue weighted by molar-refractivity contribution is 5.73. The van der Waals surface area contributed by atoms with Crippen molar-refractivity contribution in [3.63, 3.8) is 0 Å². The van der Waals surface area contributed by atoms with Gasteiger partial charge in [-0.05, 0) is 17.9 Å². The predicted molar refractivity (Wildman–Crippen MR) is 57.4 cm³/mol. The van der Waals surface area contributed by atoms with Gasteiger partial charge in [-0.25, -0.2) is 4.79 Å². The number of carbonyl (C=O) groups excluding carboxylic acids is 1. The van der Waals surface area contributed by atoms with Gasteiger partial charge < -0.3 is 10.6 Å². The van der Waals surface area contributed by atoms with Crippen LogP contribution in [0.1, 0.15) is 12.0 Å². The van der Waals surface area contributed by atoms with Crippen LogP contribution < -0.4 is 5.73 Å². The smallest absolute Gasteiger partial charge is 0.314 e. The van der Waals surface area contributed by atoms with E-state index < -0.39 is 0 Å². The van der Waals surface area contributed by atoms with E-state index in [2.05, 4.69) is 24.3 Å². The van der Waals surface area contributed by atoms with E-state index in [0.717, 1.165) is 13.1 Å². The Balaban J connectivity index is 1.88. The minimum atomic E-state index is -0.280. The van der Waals surface area contributed by atoms with Crippen molar-refractivity contribution in [2.45, 2.75) is 11.8 Å². The monoisotopic (exact) mass is 202 g/mol. The van der Waals surface area contributed by atoms with Crippen molar-refractivity contribution in [2.75, 3.05) is 13.1 Å². The van der Waals surface area contributed by atoms with Gasteiger partial charge in [0.1, 0.15) is 0 Å². The maximum absolute atomic E-state index is 11.1. The molecule has 1 aliphatic heterocycles. The summed E-state index contributed by atoms with van der Waals surface area (Å²) < 4.78 is 0. The fourth-order valence-corrected chi connectivity index (χ4v) is 2.87. The fraction of sp³-hybridized carbons (Fsp3) is 0.417. The number of carbonyl (C=O) groups is 1. The molecule has 1 aromatic rings. The molecule has 2 amide bonds. The summed E-state index contributed by atoms with van der Waals surface area (Å²) >= 11 is 0. The van der Waals surface area contributed by atoms with Crippen molar-refractivity contribution < 1.29 is 4.79 Å². The minimum absolute atomic E-state index is 0.232. The molecule has 15 heavy (non-hydrogen) atoms. The van der Waals surface area contributed by atoms with Gasteiger partial charge in [0.05, 0.1) is 0 Å². The predicted octanol–water partition coefficient (Wildman–Crippen LogP) is 1.34. The summed E-state index contributed by atoms with van der Waals surface area (Å²) in [7, 11) is 0. The number of likely N-dealkylation sites (tertiary alicyclic amines) is 1. The van der Waals surface area contributed by atoms with Gasteiger partial charge in [0.2, 0.25) is 0 Å². The zero-order chi connectivity index (χ0) is 10.5. The highest BCUT2D eigenvalue weighted by Crippen LogP contribution is 2.58. The Bertz CT molecular complexity index is 403. The summed E-state index contributed by atoms with van der Waals surface area (Å²) in [4.78, 5) is 12.9. The molecule has 1 aromatic carbocycles. The first-order chi connectivity index (χ1) is 7.22. The van der Waals surface area contributed by atoms with Crippen LogP contribution in [-0.4, -0.2) is 24.0 Å². The molecule has 1 aliphatic carbocycles. The molecule has 2 aliphatic rings. The molecule has 1 saturated heterocycles. The Morgan fingerprint density at radius 1 is 1.40 bits per heavy atom. The number of hydrogen-bond donors (Lipinski definition) is 1. The molecule has 2 unspecified atom stereocenters. The van der Waals surface area contributed by atoms with E-state index in [1.54, 1.807) is 4.90 Å². The van der Waals surface area contributed by atoms with Gasteiger partial charge in [-0.3, -0.25) is 0 Å². The summed E-state index contributed by atoms with van der Waals surface area (Å²) in [5, 5.41) is 0. The standard InChI is InChI=1S/C12H14N2O/c13-11(15)14-7-10-6-12(10,8-14)9-4-2-1-3-5-9/h1-5,10H,6-8H2,(H2,13,15). The van der Waals surface area contributed by atoms with E-state index in [4.69, 9.17) is 5.73 Å². The molecular formula is C12H14N2O. The van der Waals surface area contributed by atoms with Crippen LogP contribution in [0.3, 0.4) is 0 Å². The van der Waals surface area contributed by atoms with E-state index in [1.165, 1.54) is 12.0 Å². The highest BCUT2D eigenvalue weighted by Gasteiger charge is 2.61. The van der Waals surface area contributed by atoms with Crippen LogP contribution in [0.25, 0.3) is 0 Å². The van der Waals surface area contributed by atoms with Crippen LogP contribution in [0.2, 0.25) is 0 Å². The molecular weight excluding hydrogens is 188 g/mol. The first-order valence-electron chi connectivity index (χ1n) is 5.32. The Kier molecular flexibility index (Phi) is 1.61. The third-order valence-electron chi connectivity index (χ3n) is 3.81. The van der Waals surface area contributed by atoms with Crippen molar-refractivity contribution in [1.29, 1.82) is 0 Å². The van der Waals surface area contributed by atoms with E-state index in [1.807, 2.05) is 6.07 Å². The van der Waals surface area contributed by atoms with Crippen LogP contribution in [0.15, 0.2) is 30.3 Å². The maximum atomic E-state index is 11.1. The Morgan fingerprint density at radius 2 is 2.13 bits per heavy atom. The molecule has 1 saturated carbocycles. The van der Waals surface area contributed by atoms with E-state index in [-0.39, 0.29) is 11.4 Å². The SMILES string of the molecule is NC(=O)N1CC2CC2(c2ccccc2)C1. The lowest BCUT2D eigenvalue weighted by molar-refractivity contribution is 0.212. The second-order valence-corrected chi connectivity index (χ2v) is 4.64. The van der Waals surface area contributed by atoms with Crippen molar-refractivity contribution >= 4 is 6.03 Å². The van der Waals surface area contributed by atoms with Crippen molar-refractivity contribution in [2.24, 2.45) is 11.7 Å². The highest BCUT2D eigenvalue weighted by atomic mass is 16.2. The zero-order valence-corrected chi connectivity index (χ0v) is 8.52. The molecule has 0 radical (unpaired) electrons. The summed E-state index contributed by atoms with van der Waals surface area (Å²) in [5.41, 5.74) is 6.90. The number of nitrogens with two attached hydrogens (primary N) is 1. The number of nitrogens with zero attached hydrogens (tertiary/aromatic N) is 1. The number of hydrogen-bond acceptors (Lipinski definition) is 1. The molecule has 0 spiro atoms. The van der Waals surface area contributed by atoms with Crippen molar-refractivity contribution in [3.8, 4) is 0 Å². The quantitative estimate of drug-likeness (QED) is 0.734. The van der Waals surface area contributed by atoms with E-state index >= 15 is 0 Å². The topological polar surface area (TPSA) is 46.3 Å². The molecule has 3 rings (SSSR count). The third-order valence-corrected chi connectivity index (χ3v) is 3.81. The largest absolute Gasteiger partial charge is 0.351 e. The molecule has 2 atom stereocenters. The molecule has 78 valence electrons. The van der Waals surface area contributed by atoms with Crippen molar-refractivity contribution in [1.82, 2.24) is 4.90 Å². The Labute approximate surface area is 88.9 Å². The normalized spacial score (nSPS) is 32.5.